The van der Waals surface area contributed by atoms with E-state index in [0.717, 1.165) is 12.1 Å². The summed E-state index contributed by atoms with van der Waals surface area (Å²) in [5, 5.41) is 29.2. The van der Waals surface area contributed by atoms with E-state index in [1.807, 2.05) is 6.92 Å². The predicted octanol–water partition coefficient (Wildman–Crippen LogP) is 2.95. The molecule has 0 aliphatic rings. The molecule has 4 rings (SSSR count). The summed E-state index contributed by atoms with van der Waals surface area (Å²) in [6.45, 7) is 5.32. The summed E-state index contributed by atoms with van der Waals surface area (Å²) in [5.74, 6) is -0.511. The van der Waals surface area contributed by atoms with Crippen LogP contribution in [-0.2, 0) is 18.6 Å². The van der Waals surface area contributed by atoms with Crippen LogP contribution in [-0.4, -0.2) is 49.6 Å². The van der Waals surface area contributed by atoms with Gasteiger partial charge in [-0.15, -0.1) is 10.2 Å². The molecule has 0 radical (unpaired) electrons. The normalized spacial score (nSPS) is 13.8. The molecule has 12 heteroatoms. The van der Waals surface area contributed by atoms with E-state index >= 15 is 0 Å². The number of thioether (sulfide) groups is 1. The average molecular weight is 473 g/mol. The Labute approximate surface area is 192 Å². The van der Waals surface area contributed by atoms with Gasteiger partial charge in [0.15, 0.2) is 5.82 Å². The quantitative estimate of drug-likeness (QED) is 0.390. The molecule has 3 aromatic heterocycles. The number of nitrogens with zero attached hydrogens (tertiary/aromatic N) is 8. The Morgan fingerprint density at radius 1 is 1.09 bits per heavy atom. The molecule has 9 nitrogen and oxygen atoms in total. The number of rotatable bonds is 8. The Bertz CT molecular complexity index is 1230. The van der Waals surface area contributed by atoms with E-state index in [4.69, 9.17) is 0 Å². The Hall–Kier alpha value is -3.25. The standard InChI is InChI=1S/C21H22F2N8OS/c1-4-17-25-13-30(29-17)10-21(32,15-6-5-14(22)9-16(15)23)20(2,3)33-19-8-7-18(27-28-19)31-12-24-11-26-31/h5-9,11-13,32H,4,10H2,1-3H3/t21-/m0/s1. The lowest BCUT2D eigenvalue weighted by Crippen LogP contribution is -2.49. The summed E-state index contributed by atoms with van der Waals surface area (Å²) in [6, 6.07) is 6.57. The Morgan fingerprint density at radius 2 is 1.91 bits per heavy atom. The van der Waals surface area contributed by atoms with Crippen molar-refractivity contribution in [2.24, 2.45) is 0 Å². The third-order valence-electron chi connectivity index (χ3n) is 5.30. The molecule has 1 N–H and O–H groups in total. The zero-order chi connectivity index (χ0) is 23.6. The maximum absolute atomic E-state index is 14.9. The van der Waals surface area contributed by atoms with Crippen LogP contribution in [0.2, 0.25) is 0 Å². The molecule has 33 heavy (non-hydrogen) atoms. The lowest BCUT2D eigenvalue weighted by atomic mass is 9.82. The third kappa shape index (κ3) is 4.62. The molecule has 4 aromatic rings. The van der Waals surface area contributed by atoms with Crippen LogP contribution in [0.15, 0.2) is 54.3 Å². The van der Waals surface area contributed by atoms with Crippen LogP contribution in [0.3, 0.4) is 0 Å². The van der Waals surface area contributed by atoms with Gasteiger partial charge in [-0.2, -0.15) is 10.2 Å². The minimum Gasteiger partial charge on any atom is -0.382 e. The molecular formula is C21H22F2N8OS. The first-order chi connectivity index (χ1) is 15.7. The van der Waals surface area contributed by atoms with E-state index in [1.165, 1.54) is 46.2 Å². The lowest BCUT2D eigenvalue weighted by molar-refractivity contribution is -0.0171. The number of hydrogen-bond acceptors (Lipinski definition) is 8. The minimum absolute atomic E-state index is 0.0536. The number of benzene rings is 1. The summed E-state index contributed by atoms with van der Waals surface area (Å²) in [5.41, 5.74) is -1.86. The maximum atomic E-state index is 14.9. The molecule has 0 fully saturated rings. The molecule has 0 amide bonds. The van der Waals surface area contributed by atoms with E-state index in [0.29, 0.717) is 23.1 Å². The van der Waals surface area contributed by atoms with Gasteiger partial charge in [-0.05, 0) is 32.0 Å². The molecule has 0 aliphatic carbocycles. The molecule has 0 saturated carbocycles. The first kappa shape index (κ1) is 22.9. The Morgan fingerprint density at radius 3 is 2.52 bits per heavy atom. The van der Waals surface area contributed by atoms with Crippen molar-refractivity contribution in [1.82, 2.24) is 39.7 Å². The second-order valence-electron chi connectivity index (χ2n) is 7.88. The second kappa shape index (κ2) is 8.94. The van der Waals surface area contributed by atoms with Crippen molar-refractivity contribution < 1.29 is 13.9 Å². The Kier molecular flexibility index (Phi) is 6.21. The first-order valence-corrected chi connectivity index (χ1v) is 11.0. The van der Waals surface area contributed by atoms with E-state index in [1.54, 1.807) is 26.0 Å². The highest BCUT2D eigenvalue weighted by Gasteiger charge is 2.48. The molecule has 3 heterocycles. The van der Waals surface area contributed by atoms with Gasteiger partial charge in [-0.1, -0.05) is 24.8 Å². The second-order valence-corrected chi connectivity index (χ2v) is 9.52. The predicted molar refractivity (Wildman–Crippen MR) is 117 cm³/mol. The molecule has 172 valence electrons. The van der Waals surface area contributed by atoms with Gasteiger partial charge in [-0.25, -0.2) is 28.1 Å². The summed E-state index contributed by atoms with van der Waals surface area (Å²) in [7, 11) is 0. The third-order valence-corrected chi connectivity index (χ3v) is 6.58. The van der Waals surface area contributed by atoms with Crippen molar-refractivity contribution in [2.45, 2.75) is 49.1 Å². The highest BCUT2D eigenvalue weighted by atomic mass is 32.2. The number of aryl methyl sites for hydroxylation is 1. The fourth-order valence-corrected chi connectivity index (χ4v) is 4.48. The van der Waals surface area contributed by atoms with Crippen molar-refractivity contribution >= 4 is 11.8 Å². The van der Waals surface area contributed by atoms with Crippen LogP contribution < -0.4 is 0 Å². The number of aromatic nitrogens is 8. The topological polar surface area (TPSA) is 107 Å². The van der Waals surface area contributed by atoms with Gasteiger partial charge >= 0.3 is 0 Å². The number of aliphatic hydroxyl groups is 1. The zero-order valence-corrected chi connectivity index (χ0v) is 19.0. The van der Waals surface area contributed by atoms with E-state index in [9.17, 15) is 13.9 Å². The largest absolute Gasteiger partial charge is 0.382 e. The fraction of sp³-hybridized carbons (Fsp3) is 0.333. The van der Waals surface area contributed by atoms with Crippen LogP contribution in [0.1, 0.15) is 32.2 Å². The maximum Gasteiger partial charge on any atom is 0.177 e. The van der Waals surface area contributed by atoms with Crippen molar-refractivity contribution in [3.05, 3.63) is 72.3 Å². The van der Waals surface area contributed by atoms with Crippen molar-refractivity contribution in [2.75, 3.05) is 0 Å². The summed E-state index contributed by atoms with van der Waals surface area (Å²) in [6.07, 6.45) is 4.99. The monoisotopic (exact) mass is 472 g/mol. The number of halogens is 2. The molecule has 1 aromatic carbocycles. The average Bonchev–Trinajstić information content (AvgIpc) is 3.46. The fourth-order valence-electron chi connectivity index (χ4n) is 3.39. The van der Waals surface area contributed by atoms with Crippen LogP contribution in [0, 0.1) is 11.6 Å². The summed E-state index contributed by atoms with van der Waals surface area (Å²) >= 11 is 1.21. The van der Waals surface area contributed by atoms with Gasteiger partial charge in [0.2, 0.25) is 0 Å². The molecule has 0 aliphatic heterocycles. The first-order valence-electron chi connectivity index (χ1n) is 10.2. The van der Waals surface area contributed by atoms with Gasteiger partial charge in [0.05, 0.1) is 11.3 Å². The minimum atomic E-state index is -1.81. The molecule has 0 bridgehead atoms. The van der Waals surface area contributed by atoms with Gasteiger partial charge in [0.1, 0.15) is 47.1 Å². The molecule has 0 unspecified atom stereocenters. The van der Waals surface area contributed by atoms with Gasteiger partial charge in [-0.3, -0.25) is 0 Å². The highest BCUT2D eigenvalue weighted by molar-refractivity contribution is 8.00. The number of hydrogen-bond donors (Lipinski definition) is 1. The van der Waals surface area contributed by atoms with Crippen molar-refractivity contribution in [1.29, 1.82) is 0 Å². The van der Waals surface area contributed by atoms with Gasteiger partial charge in [0, 0.05) is 18.1 Å². The molecule has 0 saturated heterocycles. The van der Waals surface area contributed by atoms with Crippen LogP contribution in [0.4, 0.5) is 8.78 Å². The molecular weight excluding hydrogens is 450 g/mol. The van der Waals surface area contributed by atoms with Crippen molar-refractivity contribution in [3.63, 3.8) is 0 Å². The van der Waals surface area contributed by atoms with Crippen LogP contribution in [0.5, 0.6) is 0 Å². The molecule has 0 spiro atoms. The smallest absolute Gasteiger partial charge is 0.177 e. The van der Waals surface area contributed by atoms with E-state index < -0.39 is 22.0 Å². The molecule has 1 atom stereocenters. The summed E-state index contributed by atoms with van der Waals surface area (Å²) in [4.78, 5) is 8.07. The van der Waals surface area contributed by atoms with Gasteiger partial charge < -0.3 is 5.11 Å². The van der Waals surface area contributed by atoms with Crippen molar-refractivity contribution in [3.8, 4) is 5.82 Å². The highest BCUT2D eigenvalue weighted by Crippen LogP contribution is 2.47. The van der Waals surface area contributed by atoms with E-state index in [2.05, 4.69) is 30.4 Å². The lowest BCUT2D eigenvalue weighted by Gasteiger charge is -2.42. The van der Waals surface area contributed by atoms with Crippen LogP contribution in [0.25, 0.3) is 5.82 Å². The SMILES string of the molecule is CCc1ncn(C[C@](O)(c2ccc(F)cc2F)C(C)(C)Sc2ccc(-n3cncn3)nn2)n1. The van der Waals surface area contributed by atoms with Crippen LogP contribution >= 0.6 is 11.8 Å². The van der Waals surface area contributed by atoms with E-state index in [-0.39, 0.29) is 12.1 Å². The summed E-state index contributed by atoms with van der Waals surface area (Å²) < 4.78 is 30.4. The Balaban J connectivity index is 1.70. The van der Waals surface area contributed by atoms with Gasteiger partial charge in [0.25, 0.3) is 0 Å². The zero-order valence-electron chi connectivity index (χ0n) is 18.2.